The van der Waals surface area contributed by atoms with Crippen LogP contribution in [0.3, 0.4) is 0 Å². The van der Waals surface area contributed by atoms with Crippen LogP contribution in [0.25, 0.3) is 0 Å². The molecule has 0 atom stereocenters. The summed E-state index contributed by atoms with van der Waals surface area (Å²) in [5.41, 5.74) is 1.14. The minimum Gasteiger partial charge on any atom is -0.482 e. The minimum atomic E-state index is -0.639. The van der Waals surface area contributed by atoms with E-state index >= 15 is 0 Å². The molecule has 0 saturated carbocycles. The molecule has 0 radical (unpaired) electrons. The van der Waals surface area contributed by atoms with E-state index in [0.717, 1.165) is 0 Å². The molecule has 130 valence electrons. The van der Waals surface area contributed by atoms with E-state index in [1.165, 1.54) is 6.92 Å². The van der Waals surface area contributed by atoms with Gasteiger partial charge in [-0.3, -0.25) is 9.59 Å². The van der Waals surface area contributed by atoms with E-state index in [4.69, 9.17) is 9.47 Å². The highest BCUT2D eigenvalue weighted by molar-refractivity contribution is 5.93. The van der Waals surface area contributed by atoms with E-state index in [1.54, 1.807) is 48.5 Å². The van der Waals surface area contributed by atoms with Crippen molar-refractivity contribution >= 4 is 29.2 Å². The second kappa shape index (κ2) is 9.07. The molecule has 2 rings (SSSR count). The molecule has 0 heterocycles. The first-order valence-electron chi connectivity index (χ1n) is 7.54. The van der Waals surface area contributed by atoms with Crippen LogP contribution in [-0.2, 0) is 19.1 Å². The van der Waals surface area contributed by atoms with Crippen LogP contribution in [0.5, 0.6) is 5.75 Å². The largest absolute Gasteiger partial charge is 0.482 e. The molecular formula is C18H18N2O5. The standard InChI is InChI=1S/C18H18N2O5/c1-13(21)19-14-7-9-15(10-8-14)20-17(22)11-25-18(23)12-24-16-5-3-2-4-6-16/h2-10H,11-12H2,1H3,(H,19,21)(H,20,22). The lowest BCUT2D eigenvalue weighted by Crippen LogP contribution is -2.23. The fraction of sp³-hybridized carbons (Fsp3) is 0.167. The maximum Gasteiger partial charge on any atom is 0.344 e. The van der Waals surface area contributed by atoms with Gasteiger partial charge in [-0.05, 0) is 36.4 Å². The maximum atomic E-state index is 11.8. The summed E-state index contributed by atoms with van der Waals surface area (Å²) in [6.45, 7) is 0.721. The highest BCUT2D eigenvalue weighted by Crippen LogP contribution is 2.13. The van der Waals surface area contributed by atoms with Gasteiger partial charge in [0.1, 0.15) is 5.75 Å². The summed E-state index contributed by atoms with van der Waals surface area (Å²) >= 11 is 0. The van der Waals surface area contributed by atoms with Crippen LogP contribution < -0.4 is 15.4 Å². The lowest BCUT2D eigenvalue weighted by atomic mass is 10.2. The molecule has 0 aromatic heterocycles. The van der Waals surface area contributed by atoms with Crippen molar-refractivity contribution in [3.05, 3.63) is 54.6 Å². The zero-order chi connectivity index (χ0) is 18.1. The van der Waals surface area contributed by atoms with Crippen LogP contribution in [0, 0.1) is 0 Å². The van der Waals surface area contributed by atoms with Crippen LogP contribution in [0.1, 0.15) is 6.92 Å². The van der Waals surface area contributed by atoms with Gasteiger partial charge in [-0.15, -0.1) is 0 Å². The molecular weight excluding hydrogens is 324 g/mol. The Balaban J connectivity index is 1.71. The van der Waals surface area contributed by atoms with Crippen LogP contribution in [0.15, 0.2) is 54.6 Å². The van der Waals surface area contributed by atoms with Crippen molar-refractivity contribution in [2.24, 2.45) is 0 Å². The quantitative estimate of drug-likeness (QED) is 0.753. The second-order valence-corrected chi connectivity index (χ2v) is 5.07. The number of benzene rings is 2. The van der Waals surface area contributed by atoms with Crippen LogP contribution in [0.2, 0.25) is 0 Å². The first-order chi connectivity index (χ1) is 12.0. The topological polar surface area (TPSA) is 93.7 Å². The van der Waals surface area contributed by atoms with Gasteiger partial charge in [0, 0.05) is 18.3 Å². The Hall–Kier alpha value is -3.35. The van der Waals surface area contributed by atoms with Crippen molar-refractivity contribution < 1.29 is 23.9 Å². The number of hydrogen-bond donors (Lipinski definition) is 2. The summed E-state index contributed by atoms with van der Waals surface area (Å²) < 4.78 is 10.1. The summed E-state index contributed by atoms with van der Waals surface area (Å²) in [6.07, 6.45) is 0. The van der Waals surface area contributed by atoms with Gasteiger partial charge in [0.05, 0.1) is 0 Å². The number of ether oxygens (including phenoxy) is 2. The summed E-state index contributed by atoms with van der Waals surface area (Å²) in [4.78, 5) is 34.2. The highest BCUT2D eigenvalue weighted by Gasteiger charge is 2.09. The lowest BCUT2D eigenvalue weighted by Gasteiger charge is -2.08. The van der Waals surface area contributed by atoms with Crippen molar-refractivity contribution in [2.75, 3.05) is 23.8 Å². The van der Waals surface area contributed by atoms with Gasteiger partial charge in [0.15, 0.2) is 13.2 Å². The first kappa shape index (κ1) is 18.0. The number of para-hydroxylation sites is 1. The normalized spacial score (nSPS) is 9.80. The predicted molar refractivity (Wildman–Crippen MR) is 92.3 cm³/mol. The molecule has 0 fully saturated rings. The van der Waals surface area contributed by atoms with Crippen molar-refractivity contribution in [1.82, 2.24) is 0 Å². The molecule has 0 bridgehead atoms. The zero-order valence-corrected chi connectivity index (χ0v) is 13.7. The fourth-order valence-corrected chi connectivity index (χ4v) is 1.88. The zero-order valence-electron chi connectivity index (χ0n) is 13.7. The monoisotopic (exact) mass is 342 g/mol. The van der Waals surface area contributed by atoms with E-state index in [9.17, 15) is 14.4 Å². The summed E-state index contributed by atoms with van der Waals surface area (Å²) in [7, 11) is 0. The Kier molecular flexibility index (Phi) is 6.53. The first-order valence-corrected chi connectivity index (χ1v) is 7.54. The molecule has 0 aliphatic heterocycles. The molecule has 0 aliphatic rings. The Morgan fingerprint density at radius 1 is 0.840 bits per heavy atom. The van der Waals surface area contributed by atoms with E-state index in [1.807, 2.05) is 6.07 Å². The highest BCUT2D eigenvalue weighted by atomic mass is 16.6. The number of carbonyl (C=O) groups is 3. The molecule has 0 saturated heterocycles. The Morgan fingerprint density at radius 2 is 1.44 bits per heavy atom. The van der Waals surface area contributed by atoms with E-state index in [2.05, 4.69) is 10.6 Å². The average Bonchev–Trinajstić information content (AvgIpc) is 2.60. The Bertz CT molecular complexity index is 729. The number of anilines is 2. The Labute approximate surface area is 144 Å². The van der Waals surface area contributed by atoms with Crippen molar-refractivity contribution in [1.29, 1.82) is 0 Å². The summed E-state index contributed by atoms with van der Waals surface area (Å²) in [5, 5.41) is 5.20. The number of rotatable bonds is 7. The summed E-state index contributed by atoms with van der Waals surface area (Å²) in [5.74, 6) is -0.745. The van der Waals surface area contributed by atoms with Gasteiger partial charge in [0.2, 0.25) is 5.91 Å². The second-order valence-electron chi connectivity index (χ2n) is 5.07. The lowest BCUT2D eigenvalue weighted by molar-refractivity contribution is -0.149. The maximum absolute atomic E-state index is 11.8. The predicted octanol–water partition coefficient (Wildman–Crippen LogP) is 2.21. The Morgan fingerprint density at radius 3 is 2.04 bits per heavy atom. The molecule has 2 aromatic carbocycles. The SMILES string of the molecule is CC(=O)Nc1ccc(NC(=O)COC(=O)COc2ccccc2)cc1. The smallest absolute Gasteiger partial charge is 0.344 e. The van der Waals surface area contributed by atoms with Crippen LogP contribution in [0.4, 0.5) is 11.4 Å². The molecule has 2 aromatic rings. The third-order valence-electron chi connectivity index (χ3n) is 2.95. The number of esters is 1. The minimum absolute atomic E-state index is 0.179. The third-order valence-corrected chi connectivity index (χ3v) is 2.95. The number of carbonyl (C=O) groups excluding carboxylic acids is 3. The molecule has 0 unspecified atom stereocenters. The van der Waals surface area contributed by atoms with E-state index in [0.29, 0.717) is 17.1 Å². The van der Waals surface area contributed by atoms with Gasteiger partial charge in [0.25, 0.3) is 5.91 Å². The summed E-state index contributed by atoms with van der Waals surface area (Å²) in [6, 6.07) is 15.4. The molecule has 7 nitrogen and oxygen atoms in total. The van der Waals surface area contributed by atoms with Gasteiger partial charge < -0.3 is 20.1 Å². The molecule has 0 aliphatic carbocycles. The van der Waals surface area contributed by atoms with Crippen LogP contribution in [-0.4, -0.2) is 31.0 Å². The van der Waals surface area contributed by atoms with E-state index in [-0.39, 0.29) is 12.5 Å². The molecule has 0 spiro atoms. The molecule has 2 N–H and O–H groups in total. The molecule has 7 heteroatoms. The van der Waals surface area contributed by atoms with Crippen molar-refractivity contribution in [3.8, 4) is 5.75 Å². The van der Waals surface area contributed by atoms with Crippen molar-refractivity contribution in [2.45, 2.75) is 6.92 Å². The number of nitrogens with one attached hydrogen (secondary N) is 2. The van der Waals surface area contributed by atoms with Crippen LogP contribution >= 0.6 is 0 Å². The van der Waals surface area contributed by atoms with E-state index < -0.39 is 18.5 Å². The molecule has 2 amide bonds. The molecule has 25 heavy (non-hydrogen) atoms. The third kappa shape index (κ3) is 6.74. The average molecular weight is 342 g/mol. The number of hydrogen-bond acceptors (Lipinski definition) is 5. The van der Waals surface area contributed by atoms with Gasteiger partial charge >= 0.3 is 5.97 Å². The van der Waals surface area contributed by atoms with Gasteiger partial charge in [-0.2, -0.15) is 0 Å². The van der Waals surface area contributed by atoms with Gasteiger partial charge in [-0.25, -0.2) is 4.79 Å². The fourth-order valence-electron chi connectivity index (χ4n) is 1.88. The number of amides is 2. The van der Waals surface area contributed by atoms with Gasteiger partial charge in [-0.1, -0.05) is 18.2 Å². The van der Waals surface area contributed by atoms with Crippen molar-refractivity contribution in [3.63, 3.8) is 0 Å².